The zero-order chi connectivity index (χ0) is 44.5. The lowest BCUT2D eigenvalue weighted by molar-refractivity contribution is 0.669. The monoisotopic (exact) mass is 884 g/mol. The fourth-order valence-corrected chi connectivity index (χ4v) is 12.5. The Labute approximate surface area is 395 Å². The van der Waals surface area contributed by atoms with Crippen LogP contribution in [0.3, 0.4) is 0 Å². The van der Waals surface area contributed by atoms with E-state index in [9.17, 15) is 0 Å². The van der Waals surface area contributed by atoms with Crippen LogP contribution in [0.25, 0.3) is 137 Å². The number of nitrogens with zero attached hydrogens (tertiary/aromatic N) is 2. The molecule has 0 aliphatic heterocycles. The molecule has 318 valence electrons. The highest BCUT2D eigenvalue weighted by Gasteiger charge is 2.20. The van der Waals surface area contributed by atoms with Crippen molar-refractivity contribution >= 4 is 104 Å². The maximum atomic E-state index is 6.27. The van der Waals surface area contributed by atoms with Crippen LogP contribution in [-0.4, -0.2) is 9.13 Å². The summed E-state index contributed by atoms with van der Waals surface area (Å²) in [5, 5.41) is 11.1. The molecule has 4 aromatic heterocycles. The van der Waals surface area contributed by atoms with E-state index in [0.29, 0.717) is 0 Å². The molecule has 0 amide bonds. The lowest BCUT2D eigenvalue weighted by atomic mass is 9.98. The fraction of sp³-hybridized carbons (Fsp3) is 0.0312. The van der Waals surface area contributed by atoms with E-state index in [2.05, 4.69) is 215 Å². The Morgan fingerprint density at radius 1 is 0.382 bits per heavy atom. The van der Waals surface area contributed by atoms with Crippen LogP contribution in [0, 0.1) is 0 Å². The molecule has 0 unspecified atom stereocenters. The summed E-state index contributed by atoms with van der Waals surface area (Å²) in [7, 11) is 0. The van der Waals surface area contributed by atoms with Gasteiger partial charge in [-0.1, -0.05) is 127 Å². The highest BCUT2D eigenvalue weighted by molar-refractivity contribution is 7.19. The summed E-state index contributed by atoms with van der Waals surface area (Å²) < 4.78 is 12.5. The van der Waals surface area contributed by atoms with Crippen LogP contribution >= 0.6 is 11.3 Å². The van der Waals surface area contributed by atoms with E-state index in [1.807, 2.05) is 23.5 Å². The van der Waals surface area contributed by atoms with Crippen molar-refractivity contribution in [2.45, 2.75) is 12.8 Å². The number of aromatic nitrogens is 2. The highest BCUT2D eigenvalue weighted by atomic mass is 32.1. The minimum atomic E-state index is 0.897. The van der Waals surface area contributed by atoms with Gasteiger partial charge in [-0.3, -0.25) is 0 Å². The molecule has 1 aliphatic rings. The molecule has 0 fully saturated rings. The first-order chi connectivity index (χ1) is 33.7. The molecule has 0 spiro atoms. The molecular weight excluding hydrogens is 845 g/mol. The molecule has 0 N–H and O–H groups in total. The second-order valence-corrected chi connectivity index (χ2v) is 19.5. The van der Waals surface area contributed by atoms with Crippen LogP contribution in [0.4, 0.5) is 0 Å². The van der Waals surface area contributed by atoms with Crippen LogP contribution in [0.15, 0.2) is 217 Å². The van der Waals surface area contributed by atoms with Crippen LogP contribution in [0.5, 0.6) is 0 Å². The first-order valence-corrected chi connectivity index (χ1v) is 24.3. The first kappa shape index (κ1) is 37.7. The number of hydrogen-bond acceptors (Lipinski definition) is 2. The summed E-state index contributed by atoms with van der Waals surface area (Å²) in [6.45, 7) is 0. The second-order valence-electron chi connectivity index (χ2n) is 18.3. The first-order valence-electron chi connectivity index (χ1n) is 23.5. The molecule has 68 heavy (non-hydrogen) atoms. The van der Waals surface area contributed by atoms with Gasteiger partial charge in [0.05, 0.1) is 22.1 Å². The topological polar surface area (TPSA) is 23.0 Å². The smallest absolute Gasteiger partial charge is 0.135 e. The third-order valence-electron chi connectivity index (χ3n) is 14.6. The molecule has 0 atom stereocenters. The molecule has 10 aromatic carbocycles. The Hall–Kier alpha value is -8.44. The minimum Gasteiger partial charge on any atom is -0.456 e. The van der Waals surface area contributed by atoms with E-state index in [1.54, 1.807) is 0 Å². The molecule has 3 nitrogen and oxygen atoms in total. The third-order valence-corrected chi connectivity index (χ3v) is 15.8. The van der Waals surface area contributed by atoms with Gasteiger partial charge in [-0.05, 0) is 154 Å². The van der Waals surface area contributed by atoms with Crippen LogP contribution in [-0.2, 0) is 6.42 Å². The number of benzene rings is 10. The Morgan fingerprint density at radius 3 is 1.75 bits per heavy atom. The summed E-state index contributed by atoms with van der Waals surface area (Å²) in [4.78, 5) is 1.51. The average Bonchev–Trinajstić information content (AvgIpc) is 4.15. The van der Waals surface area contributed by atoms with E-state index in [-0.39, 0.29) is 0 Å². The van der Waals surface area contributed by atoms with Crippen molar-refractivity contribution < 1.29 is 4.42 Å². The molecule has 4 heteroatoms. The number of furan rings is 1. The third kappa shape index (κ3) is 5.65. The summed E-state index contributed by atoms with van der Waals surface area (Å²) in [5.41, 5.74) is 17.5. The van der Waals surface area contributed by atoms with Crippen LogP contribution < -0.4 is 0 Å². The Morgan fingerprint density at radius 2 is 0.956 bits per heavy atom. The van der Waals surface area contributed by atoms with Gasteiger partial charge in [0, 0.05) is 58.7 Å². The minimum absolute atomic E-state index is 0.897. The predicted octanol–water partition coefficient (Wildman–Crippen LogP) is 18.1. The molecule has 4 heterocycles. The predicted molar refractivity (Wildman–Crippen MR) is 289 cm³/mol. The lowest BCUT2D eigenvalue weighted by Crippen LogP contribution is -1.94. The van der Waals surface area contributed by atoms with Gasteiger partial charge >= 0.3 is 0 Å². The van der Waals surface area contributed by atoms with E-state index < -0.39 is 0 Å². The molecule has 14 aromatic rings. The number of allylic oxidation sites excluding steroid dienone is 1. The van der Waals surface area contributed by atoms with Gasteiger partial charge in [0.25, 0.3) is 0 Å². The summed E-state index contributed by atoms with van der Waals surface area (Å²) in [6, 6.07) is 76.2. The number of thiophene rings is 1. The molecular formula is C64H40N2OS. The molecule has 1 aliphatic carbocycles. The van der Waals surface area contributed by atoms with Crippen molar-refractivity contribution in [3.8, 4) is 44.8 Å². The van der Waals surface area contributed by atoms with E-state index in [0.717, 1.165) is 46.2 Å². The molecule has 0 bridgehead atoms. The fourth-order valence-electron chi connectivity index (χ4n) is 11.3. The van der Waals surface area contributed by atoms with Gasteiger partial charge in [-0.25, -0.2) is 0 Å². The van der Waals surface area contributed by atoms with Crippen molar-refractivity contribution in [2.24, 2.45) is 0 Å². The highest BCUT2D eigenvalue weighted by Crippen LogP contribution is 2.43. The number of aryl methyl sites for hydroxylation is 1. The second kappa shape index (κ2) is 14.5. The normalized spacial score (nSPS) is 12.8. The maximum Gasteiger partial charge on any atom is 0.135 e. The summed E-state index contributed by atoms with van der Waals surface area (Å²) >= 11 is 1.95. The van der Waals surface area contributed by atoms with Crippen molar-refractivity contribution in [1.82, 2.24) is 9.13 Å². The number of rotatable bonds is 5. The largest absolute Gasteiger partial charge is 0.456 e. The standard InChI is InChI=1S/C64H40N2OS/c1-2-10-39(11-3-1)42-21-28-56-51(34-42)52-35-44(22-29-57(52)66(56)47-27-32-61-53(38-47)49-14-6-8-16-60(49)67-61)45-23-30-58-55(37-45)64-48-13-5-4-12-41(48)20-31-59(64)65(58)46-25-18-40(19-26-46)43-24-33-63-54(36-43)50-15-7-9-17-62(50)68-63/h1-8,10-16,18-38H,9,17H2. The Kier molecular flexibility index (Phi) is 8.06. The van der Waals surface area contributed by atoms with Gasteiger partial charge in [0.2, 0.25) is 0 Å². The van der Waals surface area contributed by atoms with Gasteiger partial charge in [-0.15, -0.1) is 11.3 Å². The van der Waals surface area contributed by atoms with Crippen LogP contribution in [0.1, 0.15) is 16.9 Å². The zero-order valence-corrected chi connectivity index (χ0v) is 37.7. The maximum absolute atomic E-state index is 6.27. The van der Waals surface area contributed by atoms with Crippen molar-refractivity contribution in [2.75, 3.05) is 0 Å². The van der Waals surface area contributed by atoms with Crippen molar-refractivity contribution in [3.05, 3.63) is 223 Å². The molecule has 0 saturated heterocycles. The molecule has 0 radical (unpaired) electrons. The average molecular weight is 885 g/mol. The van der Waals surface area contributed by atoms with Gasteiger partial charge < -0.3 is 13.6 Å². The Balaban J connectivity index is 0.897. The molecule has 15 rings (SSSR count). The Bertz CT molecular complexity index is 4420. The number of hydrogen-bond donors (Lipinski definition) is 0. The van der Waals surface area contributed by atoms with Crippen molar-refractivity contribution in [1.29, 1.82) is 0 Å². The van der Waals surface area contributed by atoms with E-state index in [1.165, 1.54) is 108 Å². The SMILES string of the molecule is C1=Cc2c(sc3ccc(-c4ccc(-n5c6ccc(-c7ccc8c(c7)c7cc(-c9ccccc9)ccc7n8-c7ccc8oc9ccccc9c8c7)cc6c6c7ccccc7ccc65)cc4)cc23)CC1. The van der Waals surface area contributed by atoms with Crippen molar-refractivity contribution in [3.63, 3.8) is 0 Å². The summed E-state index contributed by atoms with van der Waals surface area (Å²) in [5.74, 6) is 0. The van der Waals surface area contributed by atoms with E-state index >= 15 is 0 Å². The van der Waals surface area contributed by atoms with E-state index in [4.69, 9.17) is 4.42 Å². The number of para-hydroxylation sites is 1. The quantitative estimate of drug-likeness (QED) is 0.169. The summed E-state index contributed by atoms with van der Waals surface area (Å²) in [6.07, 6.45) is 6.92. The lowest BCUT2D eigenvalue weighted by Gasteiger charge is -2.11. The van der Waals surface area contributed by atoms with Gasteiger partial charge in [0.1, 0.15) is 11.2 Å². The van der Waals surface area contributed by atoms with Gasteiger partial charge in [-0.2, -0.15) is 0 Å². The van der Waals surface area contributed by atoms with Gasteiger partial charge in [0.15, 0.2) is 0 Å². The molecule has 0 saturated carbocycles. The zero-order valence-electron chi connectivity index (χ0n) is 36.9. The van der Waals surface area contributed by atoms with Crippen LogP contribution in [0.2, 0.25) is 0 Å². The number of fused-ring (bicyclic) bond motifs is 14.